The van der Waals surface area contributed by atoms with Gasteiger partial charge in [-0.3, -0.25) is 4.79 Å². The number of hydrogen-bond acceptors (Lipinski definition) is 4. The summed E-state index contributed by atoms with van der Waals surface area (Å²) in [4.78, 5) is 13.4. The highest BCUT2D eigenvalue weighted by molar-refractivity contribution is 5.70. The number of anilines is 2. The Labute approximate surface area is 138 Å². The molecule has 2 rings (SSSR count). The number of nitrogens with zero attached hydrogens (tertiary/aromatic N) is 1. The van der Waals surface area contributed by atoms with E-state index in [1.165, 1.54) is 0 Å². The molecule has 0 amide bonds. The molecule has 1 heterocycles. The third-order valence-electron chi connectivity index (χ3n) is 4.71. The Morgan fingerprint density at radius 2 is 1.96 bits per heavy atom. The number of carbonyl (C=O) groups is 1. The fourth-order valence-corrected chi connectivity index (χ4v) is 2.97. The molecular formula is C18H29N3O2. The summed E-state index contributed by atoms with van der Waals surface area (Å²) in [5.41, 5.74) is 7.85. The number of piperidine rings is 1. The highest BCUT2D eigenvalue weighted by Gasteiger charge is 2.30. The van der Waals surface area contributed by atoms with Gasteiger partial charge in [-0.2, -0.15) is 0 Å². The van der Waals surface area contributed by atoms with E-state index in [1.807, 2.05) is 24.3 Å². The first-order valence-electron chi connectivity index (χ1n) is 8.33. The van der Waals surface area contributed by atoms with Crippen LogP contribution in [0.1, 0.15) is 33.6 Å². The highest BCUT2D eigenvalue weighted by atomic mass is 16.4. The van der Waals surface area contributed by atoms with E-state index in [-0.39, 0.29) is 17.4 Å². The van der Waals surface area contributed by atoms with Gasteiger partial charge in [-0.05, 0) is 43.5 Å². The summed E-state index contributed by atoms with van der Waals surface area (Å²) in [5, 5.41) is 12.7. The van der Waals surface area contributed by atoms with E-state index in [9.17, 15) is 4.79 Å². The second-order valence-electron chi connectivity index (χ2n) is 7.56. The van der Waals surface area contributed by atoms with E-state index in [1.54, 1.807) is 0 Å². The Balaban J connectivity index is 2.00. The largest absolute Gasteiger partial charge is 0.481 e. The number of hydrogen-bond donors (Lipinski definition) is 3. The van der Waals surface area contributed by atoms with Crippen LogP contribution in [0, 0.1) is 11.3 Å². The number of rotatable bonds is 5. The summed E-state index contributed by atoms with van der Waals surface area (Å²) >= 11 is 0. The topological polar surface area (TPSA) is 78.6 Å². The Hall–Kier alpha value is -1.75. The molecule has 128 valence electrons. The molecule has 1 unspecified atom stereocenters. The van der Waals surface area contributed by atoms with Crippen molar-refractivity contribution in [3.05, 3.63) is 24.3 Å². The lowest BCUT2D eigenvalue weighted by Gasteiger charge is -2.39. The zero-order chi connectivity index (χ0) is 17.0. The SMILES string of the molecule is CC(C)(C)C(CN1CCC(C(=O)O)CC1)Nc1ccccc1N. The summed E-state index contributed by atoms with van der Waals surface area (Å²) in [7, 11) is 0. The van der Waals surface area contributed by atoms with E-state index in [0.717, 1.165) is 43.9 Å². The Kier molecular flexibility index (Phi) is 5.52. The second kappa shape index (κ2) is 7.21. The van der Waals surface area contributed by atoms with Gasteiger partial charge >= 0.3 is 5.97 Å². The number of likely N-dealkylation sites (tertiary alicyclic amines) is 1. The molecule has 0 bridgehead atoms. The first kappa shape index (κ1) is 17.6. The maximum atomic E-state index is 11.1. The summed E-state index contributed by atoms with van der Waals surface area (Å²) in [6.07, 6.45) is 1.47. The number of aliphatic carboxylic acids is 1. The fourth-order valence-electron chi connectivity index (χ4n) is 2.97. The summed E-state index contributed by atoms with van der Waals surface area (Å²) < 4.78 is 0. The zero-order valence-corrected chi connectivity index (χ0v) is 14.4. The van der Waals surface area contributed by atoms with E-state index < -0.39 is 5.97 Å². The monoisotopic (exact) mass is 319 g/mol. The molecule has 23 heavy (non-hydrogen) atoms. The van der Waals surface area contributed by atoms with E-state index in [4.69, 9.17) is 10.8 Å². The average Bonchev–Trinajstić information content (AvgIpc) is 2.48. The van der Waals surface area contributed by atoms with Crippen molar-refractivity contribution in [3.8, 4) is 0 Å². The summed E-state index contributed by atoms with van der Waals surface area (Å²) in [5.74, 6) is -0.843. The van der Waals surface area contributed by atoms with Crippen molar-refractivity contribution in [1.82, 2.24) is 4.90 Å². The molecule has 1 aromatic rings. The summed E-state index contributed by atoms with van der Waals surface area (Å²) in [6.45, 7) is 9.23. The van der Waals surface area contributed by atoms with Crippen LogP contribution in [0.25, 0.3) is 0 Å². The Morgan fingerprint density at radius 1 is 1.35 bits per heavy atom. The van der Waals surface area contributed by atoms with E-state index in [2.05, 4.69) is 31.0 Å². The molecule has 1 aromatic carbocycles. The molecule has 1 aliphatic heterocycles. The minimum atomic E-state index is -0.660. The van der Waals surface area contributed by atoms with Crippen molar-refractivity contribution in [2.45, 2.75) is 39.7 Å². The lowest BCUT2D eigenvalue weighted by molar-refractivity contribution is -0.143. The van der Waals surface area contributed by atoms with Gasteiger partial charge in [-0.25, -0.2) is 0 Å². The van der Waals surface area contributed by atoms with Gasteiger partial charge in [0, 0.05) is 12.6 Å². The summed E-state index contributed by atoms with van der Waals surface area (Å²) in [6, 6.07) is 8.07. The first-order chi connectivity index (χ1) is 10.8. The van der Waals surface area contributed by atoms with E-state index in [0.29, 0.717) is 0 Å². The minimum Gasteiger partial charge on any atom is -0.481 e. The van der Waals surface area contributed by atoms with Crippen LogP contribution in [0.4, 0.5) is 11.4 Å². The average molecular weight is 319 g/mol. The van der Waals surface area contributed by atoms with Crippen LogP contribution in [0.3, 0.4) is 0 Å². The quantitative estimate of drug-likeness (QED) is 0.727. The maximum Gasteiger partial charge on any atom is 0.306 e. The van der Waals surface area contributed by atoms with Crippen molar-refractivity contribution in [2.24, 2.45) is 11.3 Å². The molecular weight excluding hydrogens is 290 g/mol. The number of carboxylic acids is 1. The van der Waals surface area contributed by atoms with Crippen LogP contribution >= 0.6 is 0 Å². The van der Waals surface area contributed by atoms with Crippen LogP contribution in [-0.4, -0.2) is 41.7 Å². The van der Waals surface area contributed by atoms with Gasteiger partial charge < -0.3 is 21.1 Å². The van der Waals surface area contributed by atoms with Gasteiger partial charge in [0.15, 0.2) is 0 Å². The molecule has 5 heteroatoms. The zero-order valence-electron chi connectivity index (χ0n) is 14.4. The molecule has 0 spiro atoms. The third-order valence-corrected chi connectivity index (χ3v) is 4.71. The van der Waals surface area contributed by atoms with Crippen molar-refractivity contribution in [1.29, 1.82) is 0 Å². The molecule has 0 aromatic heterocycles. The molecule has 0 saturated carbocycles. The standard InChI is InChI=1S/C18H29N3O2/c1-18(2,3)16(20-15-7-5-4-6-14(15)19)12-21-10-8-13(9-11-21)17(22)23/h4-7,13,16,20H,8-12,19H2,1-3H3,(H,22,23). The van der Waals surface area contributed by atoms with Crippen molar-refractivity contribution in [2.75, 3.05) is 30.7 Å². The molecule has 1 aliphatic rings. The number of para-hydroxylation sites is 2. The van der Waals surface area contributed by atoms with Gasteiger partial charge in [0.2, 0.25) is 0 Å². The van der Waals surface area contributed by atoms with Crippen molar-refractivity contribution < 1.29 is 9.90 Å². The smallest absolute Gasteiger partial charge is 0.306 e. The number of nitrogen functional groups attached to an aromatic ring is 1. The lowest BCUT2D eigenvalue weighted by Crippen LogP contribution is -2.47. The third kappa shape index (κ3) is 4.86. The fraction of sp³-hybridized carbons (Fsp3) is 0.611. The molecule has 1 fully saturated rings. The maximum absolute atomic E-state index is 11.1. The van der Waals surface area contributed by atoms with Crippen LogP contribution in [0.5, 0.6) is 0 Å². The molecule has 0 radical (unpaired) electrons. The number of benzene rings is 1. The minimum absolute atomic E-state index is 0.0753. The van der Waals surface area contributed by atoms with Gasteiger partial charge in [0.05, 0.1) is 17.3 Å². The number of nitrogens with one attached hydrogen (secondary N) is 1. The lowest BCUT2D eigenvalue weighted by atomic mass is 9.85. The molecule has 4 N–H and O–H groups in total. The van der Waals surface area contributed by atoms with Crippen molar-refractivity contribution in [3.63, 3.8) is 0 Å². The van der Waals surface area contributed by atoms with Gasteiger partial charge in [-0.15, -0.1) is 0 Å². The van der Waals surface area contributed by atoms with E-state index >= 15 is 0 Å². The number of carboxylic acid groups (broad SMARTS) is 1. The number of nitrogens with two attached hydrogens (primary N) is 1. The second-order valence-corrected chi connectivity index (χ2v) is 7.56. The Morgan fingerprint density at radius 3 is 2.48 bits per heavy atom. The van der Waals surface area contributed by atoms with Gasteiger partial charge in [-0.1, -0.05) is 32.9 Å². The van der Waals surface area contributed by atoms with Gasteiger partial charge in [0.1, 0.15) is 0 Å². The van der Waals surface area contributed by atoms with Crippen LogP contribution in [0.2, 0.25) is 0 Å². The van der Waals surface area contributed by atoms with Crippen LogP contribution in [0.15, 0.2) is 24.3 Å². The Bertz CT molecular complexity index is 531. The predicted octanol–water partition coefficient (Wildman–Crippen LogP) is 2.89. The van der Waals surface area contributed by atoms with Crippen LogP contribution in [-0.2, 0) is 4.79 Å². The molecule has 1 saturated heterocycles. The van der Waals surface area contributed by atoms with Crippen LogP contribution < -0.4 is 11.1 Å². The normalized spacial score (nSPS) is 18.6. The van der Waals surface area contributed by atoms with Gasteiger partial charge in [0.25, 0.3) is 0 Å². The first-order valence-corrected chi connectivity index (χ1v) is 8.33. The molecule has 0 aliphatic carbocycles. The van der Waals surface area contributed by atoms with Crippen molar-refractivity contribution >= 4 is 17.3 Å². The molecule has 5 nitrogen and oxygen atoms in total. The predicted molar refractivity (Wildman–Crippen MR) is 94.5 cm³/mol. The molecule has 1 atom stereocenters. The highest BCUT2D eigenvalue weighted by Crippen LogP contribution is 2.28.